The van der Waals surface area contributed by atoms with Gasteiger partial charge in [0.2, 0.25) is 0 Å². The first-order valence-corrected chi connectivity index (χ1v) is 6.16. The molecule has 2 rings (SSSR count). The van der Waals surface area contributed by atoms with Gasteiger partial charge in [0.15, 0.2) is 0 Å². The lowest BCUT2D eigenvalue weighted by atomic mass is 10.0. The second-order valence-electron chi connectivity index (χ2n) is 5.20. The summed E-state index contributed by atoms with van der Waals surface area (Å²) < 4.78 is 0. The summed E-state index contributed by atoms with van der Waals surface area (Å²) in [6.07, 6.45) is 0. The van der Waals surface area contributed by atoms with Crippen molar-refractivity contribution >= 4 is 5.69 Å². The molecule has 88 valence electrons. The Morgan fingerprint density at radius 3 is 2.44 bits per heavy atom. The van der Waals surface area contributed by atoms with Gasteiger partial charge in [0.05, 0.1) is 0 Å². The molecule has 0 bridgehead atoms. The van der Waals surface area contributed by atoms with E-state index >= 15 is 0 Å². The molecule has 1 heterocycles. The lowest BCUT2D eigenvalue weighted by Crippen LogP contribution is -2.21. The fourth-order valence-electron chi connectivity index (χ4n) is 2.51. The molecule has 1 aliphatic rings. The van der Waals surface area contributed by atoms with Crippen LogP contribution in [-0.2, 0) is 6.54 Å². The predicted octanol–water partition coefficient (Wildman–Crippen LogP) is 2.55. The summed E-state index contributed by atoms with van der Waals surface area (Å²) in [6, 6.07) is 6.62. The van der Waals surface area contributed by atoms with E-state index in [0.717, 1.165) is 24.9 Å². The van der Waals surface area contributed by atoms with Gasteiger partial charge in [0.25, 0.3) is 0 Å². The van der Waals surface area contributed by atoms with Gasteiger partial charge in [-0.25, -0.2) is 0 Å². The van der Waals surface area contributed by atoms with Crippen LogP contribution in [0.2, 0.25) is 0 Å². The third-order valence-corrected chi connectivity index (χ3v) is 3.78. The van der Waals surface area contributed by atoms with Crippen LogP contribution < -0.4 is 10.6 Å². The molecule has 2 atom stereocenters. The minimum Gasteiger partial charge on any atom is -0.371 e. The number of hydrogen-bond acceptors (Lipinski definition) is 2. The van der Waals surface area contributed by atoms with Crippen molar-refractivity contribution in [3.05, 3.63) is 29.3 Å². The lowest BCUT2D eigenvalue weighted by molar-refractivity contribution is 0.494. The topological polar surface area (TPSA) is 29.3 Å². The van der Waals surface area contributed by atoms with Gasteiger partial charge in [-0.3, -0.25) is 0 Å². The maximum Gasteiger partial charge on any atom is 0.0412 e. The fraction of sp³-hybridized carbons (Fsp3) is 0.571. The molecule has 2 N–H and O–H groups in total. The molecule has 0 saturated carbocycles. The maximum absolute atomic E-state index is 5.83. The average molecular weight is 218 g/mol. The zero-order valence-electron chi connectivity index (χ0n) is 10.5. The summed E-state index contributed by atoms with van der Waals surface area (Å²) >= 11 is 0. The quantitative estimate of drug-likeness (QED) is 0.826. The molecule has 0 radical (unpaired) electrons. The van der Waals surface area contributed by atoms with Crippen LogP contribution in [0.25, 0.3) is 0 Å². The highest BCUT2D eigenvalue weighted by atomic mass is 15.2. The first kappa shape index (κ1) is 11.5. The number of nitrogens with zero attached hydrogens (tertiary/aromatic N) is 1. The number of benzene rings is 1. The molecule has 2 nitrogen and oxygen atoms in total. The van der Waals surface area contributed by atoms with E-state index in [2.05, 4.69) is 43.9 Å². The minimum atomic E-state index is 0.635. The molecule has 2 unspecified atom stereocenters. The lowest BCUT2D eigenvalue weighted by Gasteiger charge is -2.22. The molecule has 2 heteroatoms. The number of hydrogen-bond donors (Lipinski definition) is 1. The van der Waals surface area contributed by atoms with E-state index in [1.165, 1.54) is 16.8 Å². The van der Waals surface area contributed by atoms with Gasteiger partial charge < -0.3 is 10.6 Å². The molecular weight excluding hydrogens is 196 g/mol. The SMILES string of the molecule is Cc1ccc(N2CC(C)C(C)C2)c(CN)c1. The smallest absolute Gasteiger partial charge is 0.0412 e. The zero-order chi connectivity index (χ0) is 11.7. The normalized spacial score (nSPS) is 25.1. The Morgan fingerprint density at radius 2 is 1.88 bits per heavy atom. The van der Waals surface area contributed by atoms with Crippen LogP contribution in [-0.4, -0.2) is 13.1 Å². The molecule has 1 aromatic rings. The van der Waals surface area contributed by atoms with Gasteiger partial charge >= 0.3 is 0 Å². The summed E-state index contributed by atoms with van der Waals surface area (Å²) in [5.74, 6) is 1.57. The molecule has 1 saturated heterocycles. The molecule has 1 fully saturated rings. The molecule has 1 aliphatic heterocycles. The summed E-state index contributed by atoms with van der Waals surface area (Å²) in [7, 11) is 0. The van der Waals surface area contributed by atoms with Gasteiger partial charge in [-0.05, 0) is 30.4 Å². The van der Waals surface area contributed by atoms with Crippen LogP contribution in [0.15, 0.2) is 18.2 Å². The summed E-state index contributed by atoms with van der Waals surface area (Å²) in [4.78, 5) is 2.48. The number of aryl methyl sites for hydroxylation is 1. The monoisotopic (exact) mass is 218 g/mol. The molecule has 0 aliphatic carbocycles. The van der Waals surface area contributed by atoms with Gasteiger partial charge in [0.1, 0.15) is 0 Å². The predicted molar refractivity (Wildman–Crippen MR) is 69.6 cm³/mol. The van der Waals surface area contributed by atoms with Crippen LogP contribution in [0.1, 0.15) is 25.0 Å². The van der Waals surface area contributed by atoms with Crippen molar-refractivity contribution in [2.24, 2.45) is 17.6 Å². The third kappa shape index (κ3) is 2.07. The van der Waals surface area contributed by atoms with Crippen molar-refractivity contribution < 1.29 is 0 Å². The second kappa shape index (κ2) is 4.46. The van der Waals surface area contributed by atoms with E-state index in [1.54, 1.807) is 0 Å². The van der Waals surface area contributed by atoms with E-state index in [9.17, 15) is 0 Å². The summed E-state index contributed by atoms with van der Waals surface area (Å²) in [5.41, 5.74) is 9.74. The molecule has 0 aromatic heterocycles. The number of anilines is 1. The van der Waals surface area contributed by atoms with Crippen LogP contribution in [0, 0.1) is 18.8 Å². The molecule has 16 heavy (non-hydrogen) atoms. The van der Waals surface area contributed by atoms with Crippen molar-refractivity contribution in [2.75, 3.05) is 18.0 Å². The Balaban J connectivity index is 2.27. The first-order chi connectivity index (χ1) is 7.61. The Morgan fingerprint density at radius 1 is 1.25 bits per heavy atom. The highest BCUT2D eigenvalue weighted by Gasteiger charge is 2.27. The van der Waals surface area contributed by atoms with E-state index in [1.807, 2.05) is 0 Å². The largest absolute Gasteiger partial charge is 0.371 e. The fourth-order valence-corrected chi connectivity index (χ4v) is 2.51. The Hall–Kier alpha value is -1.02. The molecule has 0 spiro atoms. The first-order valence-electron chi connectivity index (χ1n) is 6.16. The highest BCUT2D eigenvalue weighted by Crippen LogP contribution is 2.30. The van der Waals surface area contributed by atoms with E-state index in [4.69, 9.17) is 5.73 Å². The number of nitrogens with two attached hydrogens (primary N) is 1. The van der Waals surface area contributed by atoms with Crippen LogP contribution in [0.3, 0.4) is 0 Å². The Bertz CT molecular complexity index is 363. The van der Waals surface area contributed by atoms with E-state index in [-0.39, 0.29) is 0 Å². The van der Waals surface area contributed by atoms with Gasteiger partial charge in [-0.15, -0.1) is 0 Å². The van der Waals surface area contributed by atoms with Crippen molar-refractivity contribution in [1.29, 1.82) is 0 Å². The summed E-state index contributed by atoms with van der Waals surface area (Å²) in [6.45, 7) is 9.75. The van der Waals surface area contributed by atoms with Crippen LogP contribution in [0.4, 0.5) is 5.69 Å². The number of rotatable bonds is 2. The van der Waals surface area contributed by atoms with Crippen molar-refractivity contribution in [1.82, 2.24) is 0 Å². The standard InChI is InChI=1S/C14H22N2/c1-10-4-5-14(13(6-10)7-15)16-8-11(2)12(3)9-16/h4-6,11-12H,7-9,15H2,1-3H3. The van der Waals surface area contributed by atoms with Crippen molar-refractivity contribution in [3.8, 4) is 0 Å². The van der Waals surface area contributed by atoms with Gasteiger partial charge in [0, 0.05) is 25.3 Å². The third-order valence-electron chi connectivity index (χ3n) is 3.78. The molecular formula is C14H22N2. The Kier molecular flexibility index (Phi) is 3.20. The average Bonchev–Trinajstić information content (AvgIpc) is 2.59. The van der Waals surface area contributed by atoms with Crippen LogP contribution in [0.5, 0.6) is 0 Å². The van der Waals surface area contributed by atoms with Crippen molar-refractivity contribution in [3.63, 3.8) is 0 Å². The highest BCUT2D eigenvalue weighted by molar-refractivity contribution is 5.55. The van der Waals surface area contributed by atoms with Crippen molar-refractivity contribution in [2.45, 2.75) is 27.3 Å². The van der Waals surface area contributed by atoms with E-state index < -0.39 is 0 Å². The van der Waals surface area contributed by atoms with Crippen LogP contribution >= 0.6 is 0 Å². The molecule has 0 amide bonds. The van der Waals surface area contributed by atoms with E-state index in [0.29, 0.717) is 6.54 Å². The zero-order valence-corrected chi connectivity index (χ0v) is 10.5. The maximum atomic E-state index is 5.83. The minimum absolute atomic E-state index is 0.635. The second-order valence-corrected chi connectivity index (χ2v) is 5.20. The van der Waals surface area contributed by atoms with Gasteiger partial charge in [-0.1, -0.05) is 31.5 Å². The van der Waals surface area contributed by atoms with Gasteiger partial charge in [-0.2, -0.15) is 0 Å². The molecule has 1 aromatic carbocycles. The Labute approximate surface area is 98.4 Å². The summed E-state index contributed by atoms with van der Waals surface area (Å²) in [5, 5.41) is 0.